The molecule has 0 fully saturated rings. The lowest BCUT2D eigenvalue weighted by Crippen LogP contribution is -2.11. The number of halogens is 2. The van der Waals surface area contributed by atoms with Crippen LogP contribution in [0, 0.1) is 6.92 Å². The molecule has 2 aromatic carbocycles. The van der Waals surface area contributed by atoms with Crippen molar-refractivity contribution in [1.29, 1.82) is 0 Å². The van der Waals surface area contributed by atoms with E-state index in [1.165, 1.54) is 5.56 Å². The van der Waals surface area contributed by atoms with Gasteiger partial charge in [-0.05, 0) is 68.3 Å². The zero-order chi connectivity index (χ0) is 20.5. The zero-order valence-corrected chi connectivity index (χ0v) is 18.0. The van der Waals surface area contributed by atoms with Gasteiger partial charge in [0.1, 0.15) is 5.82 Å². The number of pyridine rings is 2. The molecule has 3 nitrogen and oxygen atoms in total. The molecule has 0 saturated carbocycles. The van der Waals surface area contributed by atoms with Crippen LogP contribution in [0.1, 0.15) is 19.4 Å². The Balaban J connectivity index is 1.67. The predicted molar refractivity (Wildman–Crippen MR) is 124 cm³/mol. The third kappa shape index (κ3) is 4.21. The predicted octanol–water partition coefficient (Wildman–Crippen LogP) is 7.40. The quantitative estimate of drug-likeness (QED) is 0.372. The zero-order valence-electron chi connectivity index (χ0n) is 16.5. The topological polar surface area (TPSA) is 37.8 Å². The SMILES string of the molecule is Cc1cc(NC(C)C)nc2ccc(-c3ccc(-c4ccc(Cl)c(Cl)c4)cn3)cc12. The second-order valence-corrected chi connectivity index (χ2v) is 8.23. The van der Waals surface area contributed by atoms with E-state index in [-0.39, 0.29) is 0 Å². The number of rotatable bonds is 4. The van der Waals surface area contributed by atoms with Crippen LogP contribution in [-0.2, 0) is 0 Å². The number of aryl methyl sites for hydroxylation is 1. The van der Waals surface area contributed by atoms with Gasteiger partial charge >= 0.3 is 0 Å². The van der Waals surface area contributed by atoms with Crippen molar-refractivity contribution >= 4 is 39.9 Å². The molecule has 0 radical (unpaired) electrons. The van der Waals surface area contributed by atoms with Gasteiger partial charge < -0.3 is 5.32 Å². The summed E-state index contributed by atoms with van der Waals surface area (Å²) in [7, 11) is 0. The largest absolute Gasteiger partial charge is 0.368 e. The van der Waals surface area contributed by atoms with Gasteiger partial charge in [0.25, 0.3) is 0 Å². The van der Waals surface area contributed by atoms with Gasteiger partial charge in [0, 0.05) is 28.8 Å². The molecular weight excluding hydrogens is 401 g/mol. The Morgan fingerprint density at radius 1 is 0.828 bits per heavy atom. The highest BCUT2D eigenvalue weighted by atomic mass is 35.5. The van der Waals surface area contributed by atoms with E-state index in [9.17, 15) is 0 Å². The standard InChI is InChI=1S/C24H21Cl2N3/c1-14(2)28-24-10-15(3)19-11-17(5-9-23(19)29-24)22-8-6-18(13-27-22)16-4-7-20(25)21(26)12-16/h4-14H,1-3H3,(H,28,29). The van der Waals surface area contributed by atoms with E-state index in [1.807, 2.05) is 30.5 Å². The van der Waals surface area contributed by atoms with Crippen LogP contribution >= 0.6 is 23.2 Å². The van der Waals surface area contributed by atoms with Gasteiger partial charge in [-0.15, -0.1) is 0 Å². The minimum atomic E-state index is 0.344. The summed E-state index contributed by atoms with van der Waals surface area (Å²) < 4.78 is 0. The Labute approximate surface area is 180 Å². The highest BCUT2D eigenvalue weighted by Crippen LogP contribution is 2.30. The lowest BCUT2D eigenvalue weighted by Gasteiger charge is -2.12. The maximum Gasteiger partial charge on any atom is 0.127 e. The molecule has 0 aliphatic heterocycles. The summed E-state index contributed by atoms with van der Waals surface area (Å²) in [5, 5.41) is 5.59. The van der Waals surface area contributed by atoms with E-state index in [4.69, 9.17) is 28.2 Å². The Morgan fingerprint density at radius 3 is 2.28 bits per heavy atom. The molecule has 0 unspecified atom stereocenters. The lowest BCUT2D eigenvalue weighted by atomic mass is 10.0. The molecule has 1 N–H and O–H groups in total. The van der Waals surface area contributed by atoms with E-state index >= 15 is 0 Å². The van der Waals surface area contributed by atoms with Crippen LogP contribution in [0.5, 0.6) is 0 Å². The van der Waals surface area contributed by atoms with Gasteiger partial charge in [0.15, 0.2) is 0 Å². The maximum atomic E-state index is 6.14. The van der Waals surface area contributed by atoms with Gasteiger partial charge in [-0.25, -0.2) is 4.98 Å². The Morgan fingerprint density at radius 2 is 1.59 bits per heavy atom. The minimum absolute atomic E-state index is 0.344. The molecule has 0 aliphatic rings. The van der Waals surface area contributed by atoms with Gasteiger partial charge in [0.05, 0.1) is 21.3 Å². The molecule has 29 heavy (non-hydrogen) atoms. The van der Waals surface area contributed by atoms with E-state index in [0.717, 1.165) is 39.1 Å². The first-order valence-corrected chi connectivity index (χ1v) is 10.3. The van der Waals surface area contributed by atoms with Crippen molar-refractivity contribution in [1.82, 2.24) is 9.97 Å². The Hall–Kier alpha value is -2.62. The first-order valence-electron chi connectivity index (χ1n) is 9.50. The van der Waals surface area contributed by atoms with Crippen LogP contribution in [-0.4, -0.2) is 16.0 Å². The van der Waals surface area contributed by atoms with Gasteiger partial charge in [0.2, 0.25) is 0 Å². The van der Waals surface area contributed by atoms with Crippen LogP contribution in [0.3, 0.4) is 0 Å². The van der Waals surface area contributed by atoms with Crippen molar-refractivity contribution in [3.63, 3.8) is 0 Å². The van der Waals surface area contributed by atoms with Gasteiger partial charge in [-0.1, -0.05) is 41.4 Å². The van der Waals surface area contributed by atoms with Crippen LogP contribution in [0.2, 0.25) is 10.0 Å². The second kappa shape index (κ2) is 8.02. The Kier molecular flexibility index (Phi) is 5.44. The van der Waals surface area contributed by atoms with Crippen LogP contribution < -0.4 is 5.32 Å². The number of nitrogens with zero attached hydrogens (tertiary/aromatic N) is 2. The molecule has 0 aliphatic carbocycles. The molecule has 146 valence electrons. The minimum Gasteiger partial charge on any atom is -0.368 e. The smallest absolute Gasteiger partial charge is 0.127 e. The molecule has 5 heteroatoms. The summed E-state index contributed by atoms with van der Waals surface area (Å²) in [6.45, 7) is 6.33. The van der Waals surface area contributed by atoms with Gasteiger partial charge in [-0.2, -0.15) is 0 Å². The van der Waals surface area contributed by atoms with E-state index in [1.54, 1.807) is 6.07 Å². The summed E-state index contributed by atoms with van der Waals surface area (Å²) in [5.74, 6) is 0.904. The summed E-state index contributed by atoms with van der Waals surface area (Å²) in [5.41, 5.74) is 6.13. The average molecular weight is 422 g/mol. The molecule has 4 rings (SSSR count). The summed E-state index contributed by atoms with van der Waals surface area (Å²) in [6, 6.07) is 18.4. The molecule has 0 spiro atoms. The fourth-order valence-corrected chi connectivity index (χ4v) is 3.63. The molecule has 0 amide bonds. The number of fused-ring (bicyclic) bond motifs is 1. The summed E-state index contributed by atoms with van der Waals surface area (Å²) in [6.07, 6.45) is 1.86. The van der Waals surface area contributed by atoms with Crippen molar-refractivity contribution in [3.8, 4) is 22.4 Å². The van der Waals surface area contributed by atoms with Crippen molar-refractivity contribution < 1.29 is 0 Å². The molecule has 4 aromatic rings. The highest BCUT2D eigenvalue weighted by molar-refractivity contribution is 6.42. The first kappa shape index (κ1) is 19.7. The second-order valence-electron chi connectivity index (χ2n) is 7.42. The van der Waals surface area contributed by atoms with Crippen molar-refractivity contribution in [2.24, 2.45) is 0 Å². The fraction of sp³-hybridized carbons (Fsp3) is 0.167. The van der Waals surface area contributed by atoms with Crippen molar-refractivity contribution in [3.05, 3.63) is 76.4 Å². The first-order chi connectivity index (χ1) is 13.9. The summed E-state index contributed by atoms with van der Waals surface area (Å²) in [4.78, 5) is 9.39. The van der Waals surface area contributed by atoms with Crippen molar-refractivity contribution in [2.45, 2.75) is 26.8 Å². The molecule has 0 bridgehead atoms. The van der Waals surface area contributed by atoms with Gasteiger partial charge in [-0.3, -0.25) is 4.98 Å². The summed E-state index contributed by atoms with van der Waals surface area (Å²) >= 11 is 12.1. The average Bonchev–Trinajstić information content (AvgIpc) is 2.69. The molecule has 0 saturated heterocycles. The normalized spacial score (nSPS) is 11.2. The van der Waals surface area contributed by atoms with Crippen LogP contribution in [0.15, 0.2) is 60.8 Å². The monoisotopic (exact) mass is 421 g/mol. The third-order valence-corrected chi connectivity index (χ3v) is 5.50. The van der Waals surface area contributed by atoms with E-state index in [0.29, 0.717) is 16.1 Å². The highest BCUT2D eigenvalue weighted by Gasteiger charge is 2.08. The number of hydrogen-bond acceptors (Lipinski definition) is 3. The van der Waals surface area contributed by atoms with Crippen molar-refractivity contribution in [2.75, 3.05) is 5.32 Å². The van der Waals surface area contributed by atoms with E-state index in [2.05, 4.69) is 55.3 Å². The number of benzene rings is 2. The van der Waals surface area contributed by atoms with Crippen LogP contribution in [0.4, 0.5) is 5.82 Å². The van der Waals surface area contributed by atoms with E-state index < -0.39 is 0 Å². The number of nitrogens with one attached hydrogen (secondary N) is 1. The maximum absolute atomic E-state index is 6.14. The fourth-order valence-electron chi connectivity index (χ4n) is 3.33. The number of aromatic nitrogens is 2. The molecule has 2 heterocycles. The lowest BCUT2D eigenvalue weighted by molar-refractivity contribution is 0.891. The molecular formula is C24H21Cl2N3. The Bertz CT molecular complexity index is 1180. The number of hydrogen-bond donors (Lipinski definition) is 1. The third-order valence-electron chi connectivity index (χ3n) is 4.76. The molecule has 2 aromatic heterocycles. The molecule has 0 atom stereocenters. The van der Waals surface area contributed by atoms with Crippen LogP contribution in [0.25, 0.3) is 33.3 Å². The number of anilines is 1.